The summed E-state index contributed by atoms with van der Waals surface area (Å²) in [7, 11) is 0. The third-order valence-electron chi connectivity index (χ3n) is 3.56. The summed E-state index contributed by atoms with van der Waals surface area (Å²) < 4.78 is 0. The van der Waals surface area contributed by atoms with Gasteiger partial charge in [0.05, 0.1) is 11.9 Å². The summed E-state index contributed by atoms with van der Waals surface area (Å²) in [6, 6.07) is 0. The van der Waals surface area contributed by atoms with Crippen molar-refractivity contribution in [1.82, 2.24) is 9.97 Å². The van der Waals surface area contributed by atoms with Crippen LogP contribution in [0.4, 0.5) is 11.5 Å². The fraction of sp³-hybridized carbons (Fsp3) is 0.667. The summed E-state index contributed by atoms with van der Waals surface area (Å²) in [5.74, 6) is 2.33. The van der Waals surface area contributed by atoms with E-state index in [1.54, 1.807) is 6.20 Å². The van der Waals surface area contributed by atoms with Crippen molar-refractivity contribution in [2.24, 2.45) is 11.8 Å². The molecule has 3 N–H and O–H groups in total. The third-order valence-corrected chi connectivity index (χ3v) is 3.56. The van der Waals surface area contributed by atoms with Gasteiger partial charge in [0.25, 0.3) is 0 Å². The van der Waals surface area contributed by atoms with Gasteiger partial charge in [0.15, 0.2) is 5.82 Å². The van der Waals surface area contributed by atoms with E-state index in [-0.39, 0.29) is 0 Å². The van der Waals surface area contributed by atoms with E-state index >= 15 is 0 Å². The largest absolute Gasteiger partial charge is 0.394 e. The molecule has 0 spiro atoms. The highest BCUT2D eigenvalue weighted by Crippen LogP contribution is 2.29. The van der Waals surface area contributed by atoms with Crippen LogP contribution in [0.25, 0.3) is 0 Å². The Kier molecular flexibility index (Phi) is 3.59. The van der Waals surface area contributed by atoms with Crippen molar-refractivity contribution in [1.29, 1.82) is 0 Å². The standard InChI is InChI=1S/C12H20N4/c1-9-4-2-3-5-10(9)6-15-12-11(13)7-14-8-16-12/h7-10H,2-6,13H2,1H3,(H,14,15,16). The molecule has 2 atom stereocenters. The monoisotopic (exact) mass is 220 g/mol. The molecule has 1 saturated carbocycles. The first-order valence-corrected chi connectivity index (χ1v) is 6.06. The molecule has 1 aromatic rings. The summed E-state index contributed by atoms with van der Waals surface area (Å²) in [5.41, 5.74) is 6.41. The maximum Gasteiger partial charge on any atom is 0.152 e. The minimum atomic E-state index is 0.631. The van der Waals surface area contributed by atoms with Gasteiger partial charge in [-0.05, 0) is 18.3 Å². The Bertz CT molecular complexity index is 340. The van der Waals surface area contributed by atoms with Gasteiger partial charge < -0.3 is 11.1 Å². The van der Waals surface area contributed by atoms with Crippen LogP contribution in [-0.4, -0.2) is 16.5 Å². The van der Waals surface area contributed by atoms with Crippen molar-refractivity contribution in [2.45, 2.75) is 32.6 Å². The summed E-state index contributed by atoms with van der Waals surface area (Å²) in [6.45, 7) is 3.32. The van der Waals surface area contributed by atoms with E-state index in [1.165, 1.54) is 32.0 Å². The summed E-state index contributed by atoms with van der Waals surface area (Å²) in [5, 5.41) is 3.34. The topological polar surface area (TPSA) is 63.8 Å². The highest BCUT2D eigenvalue weighted by Gasteiger charge is 2.21. The number of hydrogen-bond acceptors (Lipinski definition) is 4. The van der Waals surface area contributed by atoms with Crippen molar-refractivity contribution in [3.05, 3.63) is 12.5 Å². The van der Waals surface area contributed by atoms with E-state index in [0.29, 0.717) is 5.69 Å². The maximum atomic E-state index is 5.78. The number of anilines is 2. The quantitative estimate of drug-likeness (QED) is 0.820. The first-order valence-electron chi connectivity index (χ1n) is 6.06. The van der Waals surface area contributed by atoms with Crippen LogP contribution in [-0.2, 0) is 0 Å². The lowest BCUT2D eigenvalue weighted by molar-refractivity contribution is 0.268. The van der Waals surface area contributed by atoms with Gasteiger partial charge in [-0.2, -0.15) is 0 Å². The van der Waals surface area contributed by atoms with E-state index < -0.39 is 0 Å². The van der Waals surface area contributed by atoms with Gasteiger partial charge in [-0.1, -0.05) is 26.2 Å². The normalized spacial score (nSPS) is 25.3. The smallest absolute Gasteiger partial charge is 0.152 e. The number of nitrogens with two attached hydrogens (primary N) is 1. The molecular formula is C12H20N4. The Morgan fingerprint density at radius 1 is 1.44 bits per heavy atom. The molecule has 1 aliphatic carbocycles. The lowest BCUT2D eigenvalue weighted by Crippen LogP contribution is -2.25. The molecule has 1 fully saturated rings. The van der Waals surface area contributed by atoms with Gasteiger partial charge in [0, 0.05) is 6.54 Å². The van der Waals surface area contributed by atoms with Gasteiger partial charge in [-0.3, -0.25) is 0 Å². The first kappa shape index (κ1) is 11.2. The first-order chi connectivity index (χ1) is 7.77. The van der Waals surface area contributed by atoms with Crippen LogP contribution in [0.2, 0.25) is 0 Å². The minimum Gasteiger partial charge on any atom is -0.394 e. The summed E-state index contributed by atoms with van der Waals surface area (Å²) >= 11 is 0. The molecule has 88 valence electrons. The lowest BCUT2D eigenvalue weighted by Gasteiger charge is -2.29. The Morgan fingerprint density at radius 3 is 3.00 bits per heavy atom. The zero-order valence-corrected chi connectivity index (χ0v) is 9.82. The van der Waals surface area contributed by atoms with Crippen LogP contribution < -0.4 is 11.1 Å². The van der Waals surface area contributed by atoms with Crippen LogP contribution in [0.15, 0.2) is 12.5 Å². The van der Waals surface area contributed by atoms with Gasteiger partial charge in [0.2, 0.25) is 0 Å². The molecule has 16 heavy (non-hydrogen) atoms. The predicted molar refractivity (Wildman–Crippen MR) is 66.1 cm³/mol. The number of nitrogens with zero attached hydrogens (tertiary/aromatic N) is 2. The predicted octanol–water partition coefficient (Wildman–Crippen LogP) is 2.30. The minimum absolute atomic E-state index is 0.631. The van der Waals surface area contributed by atoms with Crippen LogP contribution in [0.5, 0.6) is 0 Å². The van der Waals surface area contributed by atoms with Crippen LogP contribution in [0.1, 0.15) is 32.6 Å². The van der Waals surface area contributed by atoms with Crippen molar-refractivity contribution < 1.29 is 0 Å². The van der Waals surface area contributed by atoms with Crippen molar-refractivity contribution >= 4 is 11.5 Å². The molecule has 2 unspecified atom stereocenters. The second-order valence-corrected chi connectivity index (χ2v) is 4.73. The average Bonchev–Trinajstić information content (AvgIpc) is 2.30. The Labute approximate surface area is 96.7 Å². The number of aromatic nitrogens is 2. The van der Waals surface area contributed by atoms with Crippen LogP contribution >= 0.6 is 0 Å². The van der Waals surface area contributed by atoms with Crippen molar-refractivity contribution in [2.75, 3.05) is 17.6 Å². The molecule has 1 heterocycles. The van der Waals surface area contributed by atoms with Gasteiger partial charge >= 0.3 is 0 Å². The zero-order valence-electron chi connectivity index (χ0n) is 9.82. The summed E-state index contributed by atoms with van der Waals surface area (Å²) in [6.07, 6.45) is 8.58. The highest BCUT2D eigenvalue weighted by atomic mass is 15.0. The van der Waals surface area contributed by atoms with Crippen molar-refractivity contribution in [3.8, 4) is 0 Å². The Balaban J connectivity index is 1.89. The maximum absolute atomic E-state index is 5.78. The second kappa shape index (κ2) is 5.14. The highest BCUT2D eigenvalue weighted by molar-refractivity contribution is 5.58. The summed E-state index contributed by atoms with van der Waals surface area (Å²) in [4.78, 5) is 8.02. The van der Waals surface area contributed by atoms with E-state index in [1.807, 2.05) is 0 Å². The van der Waals surface area contributed by atoms with Gasteiger partial charge in [0.1, 0.15) is 6.33 Å². The molecule has 0 aliphatic heterocycles. The fourth-order valence-corrected chi connectivity index (χ4v) is 2.41. The molecule has 1 aliphatic rings. The van der Waals surface area contributed by atoms with Crippen LogP contribution in [0, 0.1) is 11.8 Å². The number of hydrogen-bond donors (Lipinski definition) is 2. The van der Waals surface area contributed by atoms with Crippen molar-refractivity contribution in [3.63, 3.8) is 0 Å². The molecule has 0 aromatic carbocycles. The molecule has 0 saturated heterocycles. The fourth-order valence-electron chi connectivity index (χ4n) is 2.41. The van der Waals surface area contributed by atoms with Gasteiger partial charge in [-0.15, -0.1) is 0 Å². The number of nitrogens with one attached hydrogen (secondary N) is 1. The number of rotatable bonds is 3. The SMILES string of the molecule is CC1CCCCC1CNc1ncncc1N. The molecule has 2 rings (SSSR count). The van der Waals surface area contributed by atoms with E-state index in [4.69, 9.17) is 5.73 Å². The van der Waals surface area contributed by atoms with E-state index in [0.717, 1.165) is 24.2 Å². The number of nitrogen functional groups attached to an aromatic ring is 1. The lowest BCUT2D eigenvalue weighted by atomic mass is 9.80. The Morgan fingerprint density at radius 2 is 2.25 bits per heavy atom. The zero-order chi connectivity index (χ0) is 11.4. The third kappa shape index (κ3) is 2.62. The average molecular weight is 220 g/mol. The van der Waals surface area contributed by atoms with Gasteiger partial charge in [-0.25, -0.2) is 9.97 Å². The molecule has 0 bridgehead atoms. The second-order valence-electron chi connectivity index (χ2n) is 4.73. The molecule has 4 heteroatoms. The molecule has 4 nitrogen and oxygen atoms in total. The Hall–Kier alpha value is -1.32. The molecular weight excluding hydrogens is 200 g/mol. The van der Waals surface area contributed by atoms with E-state index in [9.17, 15) is 0 Å². The van der Waals surface area contributed by atoms with Crippen LogP contribution in [0.3, 0.4) is 0 Å². The molecule has 1 aromatic heterocycles. The van der Waals surface area contributed by atoms with E-state index in [2.05, 4.69) is 22.2 Å². The molecule has 0 amide bonds. The molecule has 0 radical (unpaired) electrons.